The number of hydrogen-bond donors (Lipinski definition) is 0. The molecule has 3 fully saturated rings. The molecule has 0 bridgehead atoms. The van der Waals surface area contributed by atoms with Gasteiger partial charge in [0.2, 0.25) is 0 Å². The molecule has 0 aromatic rings. The standard InChI is InChI=1S/C33H45NO3/c1-20(35)8-11-33-14-12-29(3,4)18-24(33)27-25(36)16-26-30(5)17-22(19-34)28(37)21(2)23(30)9-10-31(26,6)32(27,7)13-15-33/h16-17,21,23-24,27H,8-15,18H2,1-7H3/t21-,23?,24?,27?,30-,31+,32+,33+/m0/s1. The van der Waals surface area contributed by atoms with E-state index in [4.69, 9.17) is 0 Å². The van der Waals surface area contributed by atoms with E-state index in [1.54, 1.807) is 6.92 Å². The minimum absolute atomic E-state index is 0.0382. The van der Waals surface area contributed by atoms with Gasteiger partial charge in [-0.15, -0.1) is 0 Å². The predicted molar refractivity (Wildman–Crippen MR) is 144 cm³/mol. The van der Waals surface area contributed by atoms with Gasteiger partial charge in [0.1, 0.15) is 11.9 Å². The molecule has 0 heterocycles. The second kappa shape index (κ2) is 8.24. The fourth-order valence-electron chi connectivity index (χ4n) is 10.2. The number of carbonyl (C=O) groups is 3. The number of hydrogen-bond acceptors (Lipinski definition) is 4. The molecule has 0 aromatic heterocycles. The van der Waals surface area contributed by atoms with E-state index in [2.05, 4.69) is 40.7 Å². The van der Waals surface area contributed by atoms with Crippen LogP contribution in [0, 0.1) is 62.1 Å². The first-order valence-electron chi connectivity index (χ1n) is 14.6. The Morgan fingerprint density at radius 3 is 2.35 bits per heavy atom. The van der Waals surface area contributed by atoms with Crippen LogP contribution in [-0.2, 0) is 14.4 Å². The van der Waals surface area contributed by atoms with Gasteiger partial charge in [0.05, 0.1) is 5.57 Å². The SMILES string of the molecule is CC(=O)CC[C@]12CCC(C)(C)CC1C1C(=O)C=C3[C@@]4(C)C=C(C#N)C(=O)[C@@H](C)C4CC[C@@]3(C)[C@]1(C)CC2. The van der Waals surface area contributed by atoms with Gasteiger partial charge in [-0.25, -0.2) is 0 Å². The fraction of sp³-hybridized carbons (Fsp3) is 0.758. The Bertz CT molecular complexity index is 1170. The van der Waals surface area contributed by atoms with Crippen molar-refractivity contribution in [3.05, 3.63) is 23.3 Å². The highest BCUT2D eigenvalue weighted by atomic mass is 16.1. The molecule has 3 unspecified atom stereocenters. The summed E-state index contributed by atoms with van der Waals surface area (Å²) in [4.78, 5) is 39.4. The van der Waals surface area contributed by atoms with Crippen LogP contribution in [0.25, 0.3) is 0 Å². The molecule has 0 radical (unpaired) electrons. The number of Topliss-reactive ketones (excluding diaryl/α,β-unsaturated/α-hetero) is 2. The van der Waals surface area contributed by atoms with Gasteiger partial charge >= 0.3 is 0 Å². The lowest BCUT2D eigenvalue weighted by molar-refractivity contribution is -0.171. The van der Waals surface area contributed by atoms with Gasteiger partial charge in [-0.3, -0.25) is 9.59 Å². The number of nitriles is 1. The van der Waals surface area contributed by atoms with E-state index in [1.165, 1.54) is 5.57 Å². The molecule has 0 aromatic carbocycles. The molecular weight excluding hydrogens is 458 g/mol. The minimum atomic E-state index is -0.454. The number of rotatable bonds is 3. The zero-order valence-electron chi connectivity index (χ0n) is 24.0. The zero-order chi connectivity index (χ0) is 27.2. The Morgan fingerprint density at radius 2 is 1.70 bits per heavy atom. The summed E-state index contributed by atoms with van der Waals surface area (Å²) in [5.74, 6) is 0.628. The van der Waals surface area contributed by atoms with E-state index in [0.29, 0.717) is 12.3 Å². The van der Waals surface area contributed by atoms with Crippen LogP contribution < -0.4 is 0 Å². The Hall–Kier alpha value is -2.02. The number of nitrogens with zero attached hydrogens (tertiary/aromatic N) is 1. The summed E-state index contributed by atoms with van der Waals surface area (Å²) in [6.07, 6.45) is 12.7. The topological polar surface area (TPSA) is 75.0 Å². The van der Waals surface area contributed by atoms with Crippen LogP contribution in [0.2, 0.25) is 0 Å². The maximum Gasteiger partial charge on any atom is 0.176 e. The minimum Gasteiger partial charge on any atom is -0.300 e. The first kappa shape index (κ1) is 26.6. The Kier molecular flexibility index (Phi) is 5.92. The molecule has 0 amide bonds. The Balaban J connectivity index is 1.65. The lowest BCUT2D eigenvalue weighted by Crippen LogP contribution is -2.64. The van der Waals surface area contributed by atoms with Crippen LogP contribution in [-0.4, -0.2) is 17.3 Å². The summed E-state index contributed by atoms with van der Waals surface area (Å²) in [5, 5.41) is 9.78. The third kappa shape index (κ3) is 3.55. The van der Waals surface area contributed by atoms with E-state index in [9.17, 15) is 19.6 Å². The summed E-state index contributed by atoms with van der Waals surface area (Å²) in [6.45, 7) is 15.3. The normalized spacial score (nSPS) is 46.3. The third-order valence-corrected chi connectivity index (χ3v) is 12.7. The molecule has 0 N–H and O–H groups in total. The molecule has 0 saturated heterocycles. The largest absolute Gasteiger partial charge is 0.300 e. The Labute approximate surface area is 223 Å². The van der Waals surface area contributed by atoms with Gasteiger partial charge in [-0.05, 0) is 97.9 Å². The van der Waals surface area contributed by atoms with E-state index in [-0.39, 0.29) is 62.3 Å². The van der Waals surface area contributed by atoms with E-state index < -0.39 is 5.41 Å². The van der Waals surface area contributed by atoms with Crippen LogP contribution in [0.1, 0.15) is 106 Å². The number of allylic oxidation sites excluding steroid dienone is 4. The van der Waals surface area contributed by atoms with Gasteiger partial charge in [-0.2, -0.15) is 5.26 Å². The molecule has 0 spiro atoms. The van der Waals surface area contributed by atoms with Crippen LogP contribution in [0.5, 0.6) is 0 Å². The van der Waals surface area contributed by atoms with Gasteiger partial charge in [0, 0.05) is 23.7 Å². The van der Waals surface area contributed by atoms with Crippen LogP contribution in [0.3, 0.4) is 0 Å². The van der Waals surface area contributed by atoms with Crippen molar-refractivity contribution >= 4 is 17.3 Å². The molecule has 4 nitrogen and oxygen atoms in total. The zero-order valence-corrected chi connectivity index (χ0v) is 24.0. The Morgan fingerprint density at radius 1 is 1.03 bits per heavy atom. The highest BCUT2D eigenvalue weighted by Crippen LogP contribution is 2.74. The predicted octanol–water partition coefficient (Wildman–Crippen LogP) is 7.19. The van der Waals surface area contributed by atoms with E-state index in [1.807, 2.05) is 19.1 Å². The molecule has 5 aliphatic rings. The lowest BCUT2D eigenvalue weighted by atomic mass is 9.34. The van der Waals surface area contributed by atoms with Crippen LogP contribution >= 0.6 is 0 Å². The molecule has 4 heteroatoms. The lowest BCUT2D eigenvalue weighted by Gasteiger charge is -2.69. The average molecular weight is 504 g/mol. The molecule has 37 heavy (non-hydrogen) atoms. The van der Waals surface area contributed by atoms with Gasteiger partial charge in [0.25, 0.3) is 0 Å². The van der Waals surface area contributed by atoms with Crippen molar-refractivity contribution in [2.75, 3.05) is 0 Å². The number of fused-ring (bicyclic) bond motifs is 7. The second-order valence-electron chi connectivity index (χ2n) is 15.0. The number of ketones is 3. The maximum atomic E-state index is 14.4. The highest BCUT2D eigenvalue weighted by Gasteiger charge is 2.68. The van der Waals surface area contributed by atoms with Crippen molar-refractivity contribution in [2.45, 2.75) is 106 Å². The number of carbonyl (C=O) groups excluding carboxylic acids is 3. The summed E-state index contributed by atoms with van der Waals surface area (Å²) in [6, 6.07) is 2.17. The van der Waals surface area contributed by atoms with Crippen molar-refractivity contribution in [2.24, 2.45) is 50.7 Å². The monoisotopic (exact) mass is 503 g/mol. The van der Waals surface area contributed by atoms with Crippen LogP contribution in [0.4, 0.5) is 0 Å². The molecule has 5 aliphatic carbocycles. The maximum absolute atomic E-state index is 14.4. The molecule has 0 aliphatic heterocycles. The average Bonchev–Trinajstić information content (AvgIpc) is 2.82. The first-order chi connectivity index (χ1) is 17.1. The van der Waals surface area contributed by atoms with Crippen molar-refractivity contribution in [1.82, 2.24) is 0 Å². The van der Waals surface area contributed by atoms with Crippen molar-refractivity contribution in [1.29, 1.82) is 5.26 Å². The van der Waals surface area contributed by atoms with E-state index in [0.717, 1.165) is 51.4 Å². The van der Waals surface area contributed by atoms with Crippen LogP contribution in [0.15, 0.2) is 23.3 Å². The quantitative estimate of drug-likeness (QED) is 0.409. The summed E-state index contributed by atoms with van der Waals surface area (Å²) in [5.41, 5.74) is 0.901. The van der Waals surface area contributed by atoms with Crippen molar-refractivity contribution in [3.8, 4) is 6.07 Å². The molecule has 3 saturated carbocycles. The highest BCUT2D eigenvalue weighted by molar-refractivity contribution is 6.02. The van der Waals surface area contributed by atoms with E-state index >= 15 is 0 Å². The summed E-state index contributed by atoms with van der Waals surface area (Å²) < 4.78 is 0. The third-order valence-electron chi connectivity index (χ3n) is 12.7. The smallest absolute Gasteiger partial charge is 0.176 e. The van der Waals surface area contributed by atoms with Crippen molar-refractivity contribution < 1.29 is 14.4 Å². The van der Waals surface area contributed by atoms with Gasteiger partial charge in [-0.1, -0.05) is 53.2 Å². The van der Waals surface area contributed by atoms with Gasteiger partial charge in [0.15, 0.2) is 11.6 Å². The molecule has 5 rings (SSSR count). The fourth-order valence-corrected chi connectivity index (χ4v) is 10.2. The van der Waals surface area contributed by atoms with Gasteiger partial charge < -0.3 is 4.79 Å². The summed E-state index contributed by atoms with van der Waals surface area (Å²) in [7, 11) is 0. The first-order valence-corrected chi connectivity index (χ1v) is 14.6. The molecule has 8 atom stereocenters. The molecule has 200 valence electrons. The second-order valence-corrected chi connectivity index (χ2v) is 15.0. The van der Waals surface area contributed by atoms with Crippen molar-refractivity contribution in [3.63, 3.8) is 0 Å². The summed E-state index contributed by atoms with van der Waals surface area (Å²) >= 11 is 0. The molecular formula is C33H45NO3.